The third-order valence-electron chi connectivity index (χ3n) is 5.93. The summed E-state index contributed by atoms with van der Waals surface area (Å²) in [6, 6.07) is 6.73. The van der Waals surface area contributed by atoms with Crippen LogP contribution in [0.4, 0.5) is 4.79 Å². The van der Waals surface area contributed by atoms with Gasteiger partial charge in [-0.15, -0.1) is 0 Å². The molecule has 172 valence electrons. The van der Waals surface area contributed by atoms with Gasteiger partial charge in [0, 0.05) is 26.2 Å². The monoisotopic (exact) mass is 461 g/mol. The van der Waals surface area contributed by atoms with Gasteiger partial charge in [0.05, 0.1) is 11.7 Å². The van der Waals surface area contributed by atoms with Crippen molar-refractivity contribution in [2.24, 2.45) is 11.8 Å². The van der Waals surface area contributed by atoms with Crippen LogP contribution in [-0.4, -0.2) is 63.0 Å². The second-order valence-electron chi connectivity index (χ2n) is 9.29. The van der Waals surface area contributed by atoms with Crippen LogP contribution in [0, 0.1) is 11.8 Å². The van der Waals surface area contributed by atoms with E-state index in [1.165, 1.54) is 17.8 Å². The van der Waals surface area contributed by atoms with E-state index in [0.717, 1.165) is 12.8 Å². The van der Waals surface area contributed by atoms with Crippen LogP contribution in [0.1, 0.15) is 44.1 Å². The third kappa shape index (κ3) is 4.91. The number of carbonyl (C=O) groups is 2. The highest BCUT2D eigenvalue weighted by atomic mass is 35.5. The number of likely N-dealkylation sites (tertiary alicyclic amines) is 1. The van der Waals surface area contributed by atoms with E-state index in [-0.39, 0.29) is 30.2 Å². The highest BCUT2D eigenvalue weighted by Crippen LogP contribution is 2.42. The molecule has 0 radical (unpaired) electrons. The molecule has 1 amide bonds. The molecule has 8 nitrogen and oxygen atoms in total. The van der Waals surface area contributed by atoms with Crippen molar-refractivity contribution in [2.75, 3.05) is 19.7 Å². The Morgan fingerprint density at radius 1 is 1.19 bits per heavy atom. The summed E-state index contributed by atoms with van der Waals surface area (Å²) in [5.41, 5.74) is -0.673. The van der Waals surface area contributed by atoms with Crippen LogP contribution in [0.25, 0.3) is 0 Å². The molecule has 0 bridgehead atoms. The van der Waals surface area contributed by atoms with Gasteiger partial charge in [0.25, 0.3) is 0 Å². The number of ketones is 1. The van der Waals surface area contributed by atoms with Crippen LogP contribution in [0.2, 0.25) is 5.02 Å². The van der Waals surface area contributed by atoms with Crippen LogP contribution in [-0.2, 0) is 0 Å². The molecule has 2 fully saturated rings. The number of carbonyl (C=O) groups excluding carboxylic acids is 2. The molecule has 0 spiro atoms. The summed E-state index contributed by atoms with van der Waals surface area (Å²) in [4.78, 5) is 26.0. The molecule has 2 aromatic rings. The van der Waals surface area contributed by atoms with Crippen LogP contribution in [0.15, 0.2) is 30.5 Å². The molecule has 1 aromatic carbocycles. The Morgan fingerprint density at radius 2 is 1.84 bits per heavy atom. The normalized spacial score (nSPS) is 22.7. The van der Waals surface area contributed by atoms with Gasteiger partial charge in [0.15, 0.2) is 5.78 Å². The van der Waals surface area contributed by atoms with E-state index in [1.54, 1.807) is 30.9 Å². The summed E-state index contributed by atoms with van der Waals surface area (Å²) in [6.07, 6.45) is 3.21. The molecule has 1 aliphatic heterocycles. The summed E-state index contributed by atoms with van der Waals surface area (Å²) >= 11 is 6.48. The summed E-state index contributed by atoms with van der Waals surface area (Å²) < 4.78 is 13.1. The molecule has 1 aliphatic carbocycles. The first kappa shape index (κ1) is 22.6. The van der Waals surface area contributed by atoms with Gasteiger partial charge < -0.3 is 19.5 Å². The van der Waals surface area contributed by atoms with E-state index >= 15 is 0 Å². The third-order valence-corrected chi connectivity index (χ3v) is 6.30. The first-order chi connectivity index (χ1) is 15.1. The zero-order chi connectivity index (χ0) is 23.0. The molecule has 1 saturated carbocycles. The number of aliphatic hydroxyl groups is 1. The topological polar surface area (TPSA) is 93.9 Å². The molecular weight excluding hydrogens is 434 g/mol. The van der Waals surface area contributed by atoms with Gasteiger partial charge in [-0.3, -0.25) is 4.79 Å². The Hall–Kier alpha value is -2.58. The molecule has 2 heterocycles. The molecule has 32 heavy (non-hydrogen) atoms. The Morgan fingerprint density at radius 3 is 2.44 bits per heavy atom. The Bertz CT molecular complexity index is 1000. The smallest absolute Gasteiger partial charge is 0.344 e. The van der Waals surface area contributed by atoms with E-state index in [2.05, 4.69) is 5.10 Å². The number of hydrogen-bond donors (Lipinski definition) is 1. The fraction of sp³-hybridized carbons (Fsp3) is 0.522. The van der Waals surface area contributed by atoms with Gasteiger partial charge in [-0.05, 0) is 56.7 Å². The minimum Gasteiger partial charge on any atom is -0.489 e. The average Bonchev–Trinajstić information content (AvgIpc) is 3.42. The second-order valence-corrected chi connectivity index (χ2v) is 9.67. The average molecular weight is 462 g/mol. The van der Waals surface area contributed by atoms with Gasteiger partial charge in [-0.1, -0.05) is 17.7 Å². The van der Waals surface area contributed by atoms with Gasteiger partial charge >= 0.3 is 6.03 Å². The van der Waals surface area contributed by atoms with E-state index in [9.17, 15) is 14.7 Å². The van der Waals surface area contributed by atoms with Crippen molar-refractivity contribution in [2.45, 2.75) is 45.3 Å². The van der Waals surface area contributed by atoms with Crippen molar-refractivity contribution in [3.63, 3.8) is 0 Å². The highest BCUT2D eigenvalue weighted by molar-refractivity contribution is 6.33. The Labute approximate surface area is 192 Å². The van der Waals surface area contributed by atoms with Crippen LogP contribution < -0.4 is 9.47 Å². The largest absolute Gasteiger partial charge is 0.489 e. The summed E-state index contributed by atoms with van der Waals surface area (Å²) in [6.45, 7) is 6.17. The van der Waals surface area contributed by atoms with Crippen molar-refractivity contribution < 1.29 is 24.2 Å². The maximum atomic E-state index is 12.7. The number of hydrogen-bond acceptors (Lipinski definition) is 6. The van der Waals surface area contributed by atoms with Crippen molar-refractivity contribution >= 4 is 23.4 Å². The maximum absolute atomic E-state index is 12.7. The Kier molecular flexibility index (Phi) is 6.18. The summed E-state index contributed by atoms with van der Waals surface area (Å²) in [5, 5.41) is 14.3. The molecule has 3 atom stereocenters. The highest BCUT2D eigenvalue weighted by Gasteiger charge is 2.44. The number of ether oxygens (including phenoxy) is 2. The zero-order valence-electron chi connectivity index (χ0n) is 18.5. The van der Waals surface area contributed by atoms with Gasteiger partial charge in [0.1, 0.15) is 28.8 Å². The van der Waals surface area contributed by atoms with Crippen LogP contribution in [0.5, 0.6) is 11.5 Å². The lowest BCUT2D eigenvalue weighted by Crippen LogP contribution is -2.34. The number of Topliss-reactive ketones (excluding diaryl/α,β-unsaturated/α-hetero) is 1. The molecule has 2 aliphatic rings. The van der Waals surface area contributed by atoms with Crippen molar-refractivity contribution in [1.29, 1.82) is 0 Å². The number of fused-ring (bicyclic) bond motifs is 1. The van der Waals surface area contributed by atoms with Crippen molar-refractivity contribution in [1.82, 2.24) is 14.7 Å². The number of aromatic nitrogens is 2. The number of amides is 1. The van der Waals surface area contributed by atoms with Gasteiger partial charge in [-0.25, -0.2) is 4.79 Å². The second kappa shape index (κ2) is 8.75. The van der Waals surface area contributed by atoms with Crippen LogP contribution >= 0.6 is 11.6 Å². The molecule has 1 N–H and O–H groups in total. The standard InChI is InChI=1S/C23H28ClN3O5/c1-14(28)18-7-8-27(25-18)22(29)26-11-15-9-17(10-16(15)12-26)32-20-6-4-5-19(21(20)24)31-13-23(2,3)30/h4-8,15-17,30H,9-13H2,1-3H3/t15-,16+,17?. The molecule has 1 unspecified atom stereocenters. The Balaban J connectivity index is 1.34. The lowest BCUT2D eigenvalue weighted by molar-refractivity contribution is 0.0284. The quantitative estimate of drug-likeness (QED) is 0.660. The molecule has 1 aromatic heterocycles. The van der Waals surface area contributed by atoms with Gasteiger partial charge in [0.2, 0.25) is 0 Å². The first-order valence-electron chi connectivity index (χ1n) is 10.8. The predicted octanol–water partition coefficient (Wildman–Crippen LogP) is 3.65. The fourth-order valence-electron chi connectivity index (χ4n) is 4.39. The summed E-state index contributed by atoms with van der Waals surface area (Å²) in [5.74, 6) is 1.57. The molecule has 1 saturated heterocycles. The van der Waals surface area contributed by atoms with E-state index in [0.29, 0.717) is 41.4 Å². The fourth-order valence-corrected chi connectivity index (χ4v) is 4.61. The van der Waals surface area contributed by atoms with Gasteiger partial charge in [-0.2, -0.15) is 9.78 Å². The minimum atomic E-state index is -0.962. The van der Waals surface area contributed by atoms with E-state index in [4.69, 9.17) is 21.1 Å². The molecule has 9 heteroatoms. The van der Waals surface area contributed by atoms with E-state index < -0.39 is 5.60 Å². The first-order valence-corrected chi connectivity index (χ1v) is 11.1. The van der Waals surface area contributed by atoms with Crippen molar-refractivity contribution in [3.05, 3.63) is 41.2 Å². The minimum absolute atomic E-state index is 0.0123. The molecular formula is C23H28ClN3O5. The lowest BCUT2D eigenvalue weighted by atomic mass is 10.0. The summed E-state index contributed by atoms with van der Waals surface area (Å²) in [7, 11) is 0. The number of benzene rings is 1. The number of nitrogens with zero attached hydrogens (tertiary/aromatic N) is 3. The zero-order valence-corrected chi connectivity index (χ0v) is 19.2. The number of halogens is 1. The maximum Gasteiger partial charge on any atom is 0.344 e. The lowest BCUT2D eigenvalue weighted by Gasteiger charge is -2.21. The van der Waals surface area contributed by atoms with Crippen LogP contribution in [0.3, 0.4) is 0 Å². The van der Waals surface area contributed by atoms with Crippen molar-refractivity contribution in [3.8, 4) is 11.5 Å². The predicted molar refractivity (Wildman–Crippen MR) is 118 cm³/mol. The van der Waals surface area contributed by atoms with E-state index in [1.807, 2.05) is 12.1 Å². The number of rotatable bonds is 6. The SMILES string of the molecule is CC(=O)c1ccn(C(=O)N2C[C@H]3CC(Oc4cccc(OCC(C)(C)O)c4Cl)C[C@H]3C2)n1. The molecule has 4 rings (SSSR count).